The van der Waals surface area contributed by atoms with Crippen LogP contribution in [0.25, 0.3) is 0 Å². The van der Waals surface area contributed by atoms with Crippen molar-refractivity contribution in [2.75, 3.05) is 6.61 Å². The lowest BCUT2D eigenvalue weighted by atomic mass is 10.1. The number of aromatic amines is 1. The predicted molar refractivity (Wildman–Crippen MR) is 73.5 cm³/mol. The van der Waals surface area contributed by atoms with Gasteiger partial charge in [-0.05, 0) is 0 Å². The number of hydrogen-bond acceptors (Lipinski definition) is 12. The molecule has 1 fully saturated rings. The number of ether oxygens (including phenoxy) is 1. The molecule has 0 radical (unpaired) electrons. The van der Waals surface area contributed by atoms with E-state index in [1.165, 1.54) is 0 Å². The van der Waals surface area contributed by atoms with E-state index in [-0.39, 0.29) is 0 Å². The van der Waals surface area contributed by atoms with Crippen molar-refractivity contribution < 1.29 is 52.7 Å². The van der Waals surface area contributed by atoms with E-state index in [2.05, 4.69) is 8.83 Å². The molecule has 148 valence electrons. The largest absolute Gasteiger partial charge is 0.756 e. The van der Waals surface area contributed by atoms with Gasteiger partial charge < -0.3 is 39.3 Å². The Morgan fingerprint density at radius 1 is 1.27 bits per heavy atom. The van der Waals surface area contributed by atoms with Crippen LogP contribution < -0.4 is 25.6 Å². The zero-order chi connectivity index (χ0) is 19.9. The summed E-state index contributed by atoms with van der Waals surface area (Å²) in [6.45, 7) is -0.727. The summed E-state index contributed by atoms with van der Waals surface area (Å²) in [5.74, 6) is -1.17. The van der Waals surface area contributed by atoms with Crippen molar-refractivity contribution in [2.45, 2.75) is 24.5 Å². The van der Waals surface area contributed by atoms with Crippen molar-refractivity contribution in [1.82, 2.24) is 9.55 Å². The summed E-state index contributed by atoms with van der Waals surface area (Å²) in [6.07, 6.45) is -5.86. The van der Waals surface area contributed by atoms with Gasteiger partial charge in [0.15, 0.2) is 6.23 Å². The van der Waals surface area contributed by atoms with Crippen LogP contribution in [0.15, 0.2) is 15.8 Å². The molecule has 2 unspecified atom stereocenters. The Balaban J connectivity index is 2.39. The molecule has 26 heavy (non-hydrogen) atoms. The van der Waals surface area contributed by atoms with E-state index in [4.69, 9.17) is 14.7 Å². The van der Waals surface area contributed by atoms with E-state index >= 15 is 0 Å². The molecular weight excluding hydrogens is 406 g/mol. The summed E-state index contributed by atoms with van der Waals surface area (Å²) in [4.78, 5) is 55.2. The van der Waals surface area contributed by atoms with E-state index in [9.17, 15) is 38.7 Å². The lowest BCUT2D eigenvalue weighted by molar-refractivity contribution is -0.236. The number of nitrogens with zero attached hydrogens (tertiary/aromatic N) is 1. The van der Waals surface area contributed by atoms with Gasteiger partial charge in [-0.2, -0.15) is 0 Å². The highest BCUT2D eigenvalue weighted by Crippen LogP contribution is 2.51. The Labute approximate surface area is 142 Å². The standard InChI is InChI=1S/C9H14N2O13P2/c12-2-4-5(13)6(14)8(22-4)11-1-3(7(15)10-9(11)16)23-26(20,21)24-25(17,18)19/h1,4-6,8,12-14H,2H2,(H,20,21)(H,10,15,16)(H2,17,18,19)/p-2/t4-,5-,6-,8-/m1/s1. The minimum Gasteiger partial charge on any atom is -0.756 e. The lowest BCUT2D eigenvalue weighted by Gasteiger charge is -2.27. The molecule has 15 nitrogen and oxygen atoms in total. The third kappa shape index (κ3) is 4.66. The fourth-order valence-corrected chi connectivity index (χ4v) is 3.61. The molecule has 0 amide bonds. The molecule has 1 aromatic rings. The van der Waals surface area contributed by atoms with Crippen molar-refractivity contribution in [3.8, 4) is 5.75 Å². The van der Waals surface area contributed by atoms with Gasteiger partial charge in [0.25, 0.3) is 13.4 Å². The highest BCUT2D eigenvalue weighted by atomic mass is 31.3. The van der Waals surface area contributed by atoms with Gasteiger partial charge in [0, 0.05) is 0 Å². The van der Waals surface area contributed by atoms with E-state index in [0.717, 1.165) is 0 Å². The van der Waals surface area contributed by atoms with Crippen LogP contribution >= 0.6 is 15.6 Å². The molecule has 0 aromatic carbocycles. The normalized spacial score (nSPS) is 30.5. The van der Waals surface area contributed by atoms with Gasteiger partial charge in [-0.3, -0.25) is 23.5 Å². The summed E-state index contributed by atoms with van der Waals surface area (Å²) < 4.78 is 34.6. The quantitative estimate of drug-likeness (QED) is 0.274. The molecule has 0 saturated carbocycles. The van der Waals surface area contributed by atoms with Crippen LogP contribution in [0.1, 0.15) is 6.23 Å². The van der Waals surface area contributed by atoms with E-state index in [1.807, 2.05) is 0 Å². The van der Waals surface area contributed by atoms with Crippen molar-refractivity contribution >= 4 is 15.6 Å². The third-order valence-electron chi connectivity index (χ3n) is 3.14. The number of aliphatic hydroxyl groups is 3. The maximum Gasteiger partial charge on any atom is 0.330 e. The minimum absolute atomic E-state index is 0.427. The molecule has 1 aromatic heterocycles. The average molecular weight is 418 g/mol. The van der Waals surface area contributed by atoms with Gasteiger partial charge in [-0.1, -0.05) is 0 Å². The van der Waals surface area contributed by atoms with Gasteiger partial charge in [-0.15, -0.1) is 0 Å². The Morgan fingerprint density at radius 3 is 2.38 bits per heavy atom. The van der Waals surface area contributed by atoms with Crippen molar-refractivity contribution in [1.29, 1.82) is 0 Å². The van der Waals surface area contributed by atoms with E-state index in [1.54, 1.807) is 4.98 Å². The zero-order valence-electron chi connectivity index (χ0n) is 12.4. The van der Waals surface area contributed by atoms with Crippen LogP contribution in [0.5, 0.6) is 5.75 Å². The summed E-state index contributed by atoms with van der Waals surface area (Å²) in [5, 5.41) is 28.5. The predicted octanol–water partition coefficient (Wildman–Crippen LogP) is -4.53. The molecule has 6 atom stereocenters. The lowest BCUT2D eigenvalue weighted by Crippen LogP contribution is -2.38. The molecule has 0 aliphatic carbocycles. The van der Waals surface area contributed by atoms with Crippen LogP contribution in [0.2, 0.25) is 0 Å². The SMILES string of the molecule is O=c1[nH]c(=O)n([C@@H]2O[C@H](CO)[C@@H](O)[C@H]2O)cc1OP(=O)([O-])OP(=O)([O-])O. The molecule has 1 saturated heterocycles. The Morgan fingerprint density at radius 2 is 1.88 bits per heavy atom. The summed E-state index contributed by atoms with van der Waals surface area (Å²) in [6, 6.07) is 0. The van der Waals surface area contributed by atoms with Crippen LogP contribution in [0.3, 0.4) is 0 Å². The molecule has 0 bridgehead atoms. The first kappa shape index (κ1) is 20.9. The molecule has 1 aliphatic rings. The average Bonchev–Trinajstić information content (AvgIpc) is 2.75. The Kier molecular flexibility index (Phi) is 5.90. The maximum atomic E-state index is 11.8. The topological polar surface area (TPSA) is 244 Å². The van der Waals surface area contributed by atoms with Crippen LogP contribution in [0, 0.1) is 0 Å². The second kappa shape index (κ2) is 7.32. The number of nitrogens with one attached hydrogen (secondary N) is 1. The second-order valence-corrected chi connectivity index (χ2v) is 7.64. The first-order valence-electron chi connectivity index (χ1n) is 6.58. The highest BCUT2D eigenvalue weighted by molar-refractivity contribution is 7.59. The Bertz CT molecular complexity index is 873. The number of hydrogen-bond donors (Lipinski definition) is 5. The fraction of sp³-hybridized carbons (Fsp3) is 0.556. The number of phosphoric acid groups is 2. The van der Waals surface area contributed by atoms with Crippen LogP contribution in [-0.4, -0.2) is 54.7 Å². The fourth-order valence-electron chi connectivity index (χ4n) is 2.09. The second-order valence-electron chi connectivity index (χ2n) is 4.98. The van der Waals surface area contributed by atoms with Crippen molar-refractivity contribution in [3.05, 3.63) is 27.0 Å². The van der Waals surface area contributed by atoms with Gasteiger partial charge in [0.05, 0.1) is 12.8 Å². The molecule has 0 spiro atoms. The number of phosphoric ester groups is 1. The van der Waals surface area contributed by atoms with Crippen LogP contribution in [0.4, 0.5) is 0 Å². The maximum absolute atomic E-state index is 11.8. The van der Waals surface area contributed by atoms with Gasteiger partial charge in [0.2, 0.25) is 5.75 Å². The molecule has 1 aliphatic heterocycles. The van der Waals surface area contributed by atoms with Gasteiger partial charge in [-0.25, -0.2) is 9.11 Å². The number of aromatic nitrogens is 2. The summed E-state index contributed by atoms with van der Waals surface area (Å²) in [5.41, 5.74) is -2.63. The summed E-state index contributed by atoms with van der Waals surface area (Å²) in [7, 11) is -11.5. The Hall–Kier alpha value is -1.38. The number of aliphatic hydroxyl groups excluding tert-OH is 3. The van der Waals surface area contributed by atoms with Gasteiger partial charge >= 0.3 is 13.5 Å². The number of rotatable bonds is 6. The van der Waals surface area contributed by atoms with E-state index < -0.39 is 63.8 Å². The molecule has 2 rings (SSSR count). The highest BCUT2D eigenvalue weighted by Gasteiger charge is 2.44. The first-order valence-corrected chi connectivity index (χ1v) is 9.54. The minimum atomic E-state index is -5.78. The molecular formula is C9H12N2O13P2-2. The van der Waals surface area contributed by atoms with Crippen molar-refractivity contribution in [3.63, 3.8) is 0 Å². The monoisotopic (exact) mass is 418 g/mol. The van der Waals surface area contributed by atoms with Gasteiger partial charge in [0.1, 0.15) is 18.3 Å². The zero-order valence-corrected chi connectivity index (χ0v) is 14.2. The van der Waals surface area contributed by atoms with Crippen molar-refractivity contribution in [2.24, 2.45) is 0 Å². The molecule has 5 N–H and O–H groups in total. The smallest absolute Gasteiger partial charge is 0.330 e. The van der Waals surface area contributed by atoms with E-state index in [0.29, 0.717) is 10.8 Å². The summed E-state index contributed by atoms with van der Waals surface area (Å²) >= 11 is 0. The van der Waals surface area contributed by atoms with Crippen LogP contribution in [-0.2, 0) is 18.2 Å². The third-order valence-corrected chi connectivity index (χ3v) is 5.19. The first-order chi connectivity index (χ1) is 11.8. The molecule has 17 heteroatoms. The molecule has 2 heterocycles. The number of H-pyrrole nitrogens is 1.